The number of morpholine rings is 1. The summed E-state index contributed by atoms with van der Waals surface area (Å²) >= 11 is 1.67. The molecule has 6 heteroatoms. The fourth-order valence-corrected chi connectivity index (χ4v) is 4.22. The van der Waals surface area contributed by atoms with Gasteiger partial charge >= 0.3 is 0 Å². The number of aliphatic hydroxyl groups is 1. The molecule has 0 aliphatic carbocycles. The molecule has 21 heavy (non-hydrogen) atoms. The molecule has 0 amide bonds. The molecule has 2 aliphatic heterocycles. The molecule has 2 fully saturated rings. The third-order valence-electron chi connectivity index (χ3n) is 4.39. The van der Waals surface area contributed by atoms with Crippen molar-refractivity contribution < 1.29 is 9.84 Å². The molecule has 1 unspecified atom stereocenters. The largest absolute Gasteiger partial charge is 0.391 e. The Morgan fingerprint density at radius 3 is 2.86 bits per heavy atom. The van der Waals surface area contributed by atoms with E-state index in [0.717, 1.165) is 67.9 Å². The van der Waals surface area contributed by atoms with Crippen LogP contribution in [-0.2, 0) is 17.8 Å². The Balaban J connectivity index is 1.65. The van der Waals surface area contributed by atoms with E-state index in [1.807, 2.05) is 0 Å². The summed E-state index contributed by atoms with van der Waals surface area (Å²) in [4.78, 5) is 10.8. The lowest BCUT2D eigenvalue weighted by atomic mass is 10.2. The topological polar surface area (TPSA) is 48.8 Å². The fourth-order valence-electron chi connectivity index (χ4n) is 3.22. The number of aryl methyl sites for hydroxylation is 1. The van der Waals surface area contributed by atoms with E-state index < -0.39 is 0 Å². The minimum atomic E-state index is 0.119. The van der Waals surface area contributed by atoms with Crippen LogP contribution in [-0.4, -0.2) is 60.4 Å². The van der Waals surface area contributed by atoms with E-state index >= 15 is 0 Å². The lowest BCUT2D eigenvalue weighted by molar-refractivity contribution is 0.0209. The van der Waals surface area contributed by atoms with Crippen molar-refractivity contribution in [2.45, 2.75) is 38.8 Å². The van der Waals surface area contributed by atoms with Crippen LogP contribution < -0.4 is 4.90 Å². The van der Waals surface area contributed by atoms with E-state index in [1.54, 1.807) is 11.3 Å². The van der Waals surface area contributed by atoms with Crippen molar-refractivity contribution in [1.82, 2.24) is 9.88 Å². The monoisotopic (exact) mass is 311 g/mol. The van der Waals surface area contributed by atoms with Crippen molar-refractivity contribution in [3.8, 4) is 0 Å². The lowest BCUT2D eigenvalue weighted by Crippen LogP contribution is -2.44. The molecule has 0 spiro atoms. The van der Waals surface area contributed by atoms with E-state index in [-0.39, 0.29) is 6.61 Å². The molecule has 0 saturated carbocycles. The summed E-state index contributed by atoms with van der Waals surface area (Å²) in [5.41, 5.74) is 1.09. The molecule has 1 N–H and O–H groups in total. The van der Waals surface area contributed by atoms with Gasteiger partial charge in [-0.15, -0.1) is 0 Å². The summed E-state index contributed by atoms with van der Waals surface area (Å²) in [6, 6.07) is 0.630. The van der Waals surface area contributed by atoms with Gasteiger partial charge in [0.05, 0.1) is 30.4 Å². The molecule has 2 aliphatic rings. The predicted molar refractivity (Wildman–Crippen MR) is 85.0 cm³/mol. The van der Waals surface area contributed by atoms with Gasteiger partial charge in [0.15, 0.2) is 5.13 Å². The van der Waals surface area contributed by atoms with Gasteiger partial charge in [-0.3, -0.25) is 4.90 Å². The maximum absolute atomic E-state index is 9.49. The highest BCUT2D eigenvalue weighted by molar-refractivity contribution is 7.15. The number of hydrogen-bond acceptors (Lipinski definition) is 6. The maximum atomic E-state index is 9.49. The second kappa shape index (κ2) is 7.05. The summed E-state index contributed by atoms with van der Waals surface area (Å²) < 4.78 is 5.44. The molecule has 2 saturated heterocycles. The average Bonchev–Trinajstić information content (AvgIpc) is 3.15. The van der Waals surface area contributed by atoms with Crippen LogP contribution in [0.3, 0.4) is 0 Å². The quantitative estimate of drug-likeness (QED) is 0.893. The van der Waals surface area contributed by atoms with Crippen molar-refractivity contribution in [1.29, 1.82) is 0 Å². The van der Waals surface area contributed by atoms with Crippen LogP contribution >= 0.6 is 11.3 Å². The summed E-state index contributed by atoms with van der Waals surface area (Å²) in [6.07, 6.45) is 3.25. The first-order chi connectivity index (χ1) is 10.3. The van der Waals surface area contributed by atoms with Gasteiger partial charge in [-0.1, -0.05) is 24.7 Å². The first kappa shape index (κ1) is 15.2. The molecule has 3 rings (SSSR count). The first-order valence-corrected chi connectivity index (χ1v) is 8.79. The molecule has 118 valence electrons. The number of hydrogen-bond donors (Lipinski definition) is 1. The predicted octanol–water partition coefficient (Wildman–Crippen LogP) is 1.50. The van der Waals surface area contributed by atoms with Gasteiger partial charge in [0, 0.05) is 32.2 Å². The van der Waals surface area contributed by atoms with Crippen molar-refractivity contribution in [3.63, 3.8) is 0 Å². The number of anilines is 1. The Morgan fingerprint density at radius 1 is 1.33 bits per heavy atom. The fraction of sp³-hybridized carbons (Fsp3) is 0.800. The van der Waals surface area contributed by atoms with Gasteiger partial charge in [0.1, 0.15) is 0 Å². The lowest BCUT2D eigenvalue weighted by Gasteiger charge is -2.32. The van der Waals surface area contributed by atoms with Crippen molar-refractivity contribution in [2.24, 2.45) is 0 Å². The summed E-state index contributed by atoms with van der Waals surface area (Å²) in [5, 5.41) is 10.6. The minimum Gasteiger partial charge on any atom is -0.391 e. The first-order valence-electron chi connectivity index (χ1n) is 7.98. The van der Waals surface area contributed by atoms with E-state index in [2.05, 4.69) is 16.7 Å². The Kier molecular flexibility index (Phi) is 5.11. The van der Waals surface area contributed by atoms with E-state index in [4.69, 9.17) is 9.72 Å². The molecular weight excluding hydrogens is 286 g/mol. The highest BCUT2D eigenvalue weighted by atomic mass is 32.1. The van der Waals surface area contributed by atoms with Gasteiger partial charge in [0.25, 0.3) is 0 Å². The second-order valence-corrected chi connectivity index (χ2v) is 6.87. The molecule has 1 aromatic heterocycles. The molecule has 3 heterocycles. The van der Waals surface area contributed by atoms with Crippen molar-refractivity contribution >= 4 is 16.5 Å². The number of aromatic nitrogens is 1. The third-order valence-corrected chi connectivity index (χ3v) is 5.54. The summed E-state index contributed by atoms with van der Waals surface area (Å²) in [5.74, 6) is 0. The van der Waals surface area contributed by atoms with Crippen LogP contribution in [0.5, 0.6) is 0 Å². The Morgan fingerprint density at radius 2 is 2.14 bits per heavy atom. The van der Waals surface area contributed by atoms with Crippen LogP contribution in [0.15, 0.2) is 0 Å². The SMILES string of the molecule is CCCc1nc(N2CCC(N3CCOCC3)C2)sc1CO. The zero-order valence-electron chi connectivity index (χ0n) is 12.8. The molecule has 1 atom stereocenters. The number of aliphatic hydroxyl groups excluding tert-OH is 1. The molecule has 0 aromatic carbocycles. The summed E-state index contributed by atoms with van der Waals surface area (Å²) in [6.45, 7) is 8.25. The smallest absolute Gasteiger partial charge is 0.185 e. The molecule has 0 bridgehead atoms. The Labute approximate surface area is 130 Å². The number of ether oxygens (including phenoxy) is 1. The Bertz CT molecular complexity index is 460. The van der Waals surface area contributed by atoms with Crippen molar-refractivity contribution in [2.75, 3.05) is 44.3 Å². The zero-order chi connectivity index (χ0) is 14.7. The van der Waals surface area contributed by atoms with Gasteiger partial charge in [0.2, 0.25) is 0 Å². The average molecular weight is 311 g/mol. The van der Waals surface area contributed by atoms with Gasteiger partial charge in [-0.25, -0.2) is 4.98 Å². The number of nitrogens with zero attached hydrogens (tertiary/aromatic N) is 3. The highest BCUT2D eigenvalue weighted by Gasteiger charge is 2.30. The van der Waals surface area contributed by atoms with Crippen LogP contribution in [0.25, 0.3) is 0 Å². The van der Waals surface area contributed by atoms with Crippen LogP contribution in [0.2, 0.25) is 0 Å². The molecule has 5 nitrogen and oxygen atoms in total. The van der Waals surface area contributed by atoms with Gasteiger partial charge in [-0.05, 0) is 12.8 Å². The van der Waals surface area contributed by atoms with Crippen LogP contribution in [0.4, 0.5) is 5.13 Å². The number of rotatable bonds is 5. The van der Waals surface area contributed by atoms with Crippen molar-refractivity contribution in [3.05, 3.63) is 10.6 Å². The van der Waals surface area contributed by atoms with Crippen LogP contribution in [0.1, 0.15) is 30.3 Å². The zero-order valence-corrected chi connectivity index (χ0v) is 13.6. The maximum Gasteiger partial charge on any atom is 0.185 e. The Hall–Kier alpha value is -0.690. The third kappa shape index (κ3) is 3.39. The standard InChI is InChI=1S/C15H25N3O2S/c1-2-3-13-14(11-19)21-15(16-13)18-5-4-12(10-18)17-6-8-20-9-7-17/h12,19H,2-11H2,1H3. The van der Waals surface area contributed by atoms with Gasteiger partial charge < -0.3 is 14.7 Å². The van der Waals surface area contributed by atoms with Gasteiger partial charge in [-0.2, -0.15) is 0 Å². The minimum absolute atomic E-state index is 0.119. The van der Waals surface area contributed by atoms with E-state index in [0.29, 0.717) is 6.04 Å². The van der Waals surface area contributed by atoms with E-state index in [9.17, 15) is 5.11 Å². The van der Waals surface area contributed by atoms with Crippen LogP contribution in [0, 0.1) is 0 Å². The molecular formula is C15H25N3O2S. The van der Waals surface area contributed by atoms with E-state index in [1.165, 1.54) is 6.42 Å². The summed E-state index contributed by atoms with van der Waals surface area (Å²) in [7, 11) is 0. The highest BCUT2D eigenvalue weighted by Crippen LogP contribution is 2.31. The molecule has 0 radical (unpaired) electrons. The molecule has 1 aromatic rings. The second-order valence-electron chi connectivity index (χ2n) is 5.81. The number of thiazole rings is 1. The normalized spacial score (nSPS) is 23.9.